The number of benzene rings is 2. The Hall–Kier alpha value is -2.53. The summed E-state index contributed by atoms with van der Waals surface area (Å²) in [6, 6.07) is 6.43. The van der Waals surface area contributed by atoms with Crippen molar-refractivity contribution < 1.29 is 31.4 Å². The van der Waals surface area contributed by atoms with Gasteiger partial charge < -0.3 is 5.11 Å². The maximum atomic E-state index is 14.3. The molecule has 0 fully saturated rings. The van der Waals surface area contributed by atoms with Gasteiger partial charge in [0.05, 0.1) is 18.1 Å². The molecule has 2 aliphatic carbocycles. The molecule has 2 nitrogen and oxygen atoms in total. The predicted molar refractivity (Wildman–Crippen MR) is 77.8 cm³/mol. The first-order chi connectivity index (χ1) is 12.0. The minimum Gasteiger partial charge on any atom is -0.378 e. The molecule has 2 aliphatic rings. The van der Waals surface area contributed by atoms with Gasteiger partial charge in [0, 0.05) is 11.1 Å². The van der Waals surface area contributed by atoms with Crippen molar-refractivity contribution in [2.24, 2.45) is 0 Å². The zero-order chi connectivity index (χ0) is 19.1. The summed E-state index contributed by atoms with van der Waals surface area (Å²) < 4.78 is 85.0. The molecule has 26 heavy (non-hydrogen) atoms. The molecule has 2 aromatic carbocycles. The van der Waals surface area contributed by atoms with Crippen LogP contribution in [0.2, 0.25) is 0 Å². The van der Waals surface area contributed by atoms with Gasteiger partial charge in [-0.1, -0.05) is 0 Å². The highest BCUT2D eigenvalue weighted by Crippen LogP contribution is 2.66. The van der Waals surface area contributed by atoms with Gasteiger partial charge in [0.25, 0.3) is 5.92 Å². The number of hydrogen-bond donors (Lipinski definition) is 1. The highest BCUT2D eigenvalue weighted by molar-refractivity contribution is 5.71. The van der Waals surface area contributed by atoms with Crippen molar-refractivity contribution in [2.45, 2.75) is 30.0 Å². The number of alkyl halides is 5. The summed E-state index contributed by atoms with van der Waals surface area (Å²) in [6.07, 6.45) is -4.60. The quantitative estimate of drug-likeness (QED) is 0.740. The molecule has 8 heteroatoms. The van der Waals surface area contributed by atoms with E-state index in [-0.39, 0.29) is 16.7 Å². The van der Waals surface area contributed by atoms with Crippen molar-refractivity contribution in [2.75, 3.05) is 0 Å². The summed E-state index contributed by atoms with van der Waals surface area (Å²) in [7, 11) is 0. The standard InChI is InChI=1S/C18H9F6NO/c19-11-2-8(6-25)1-9(3-11)10-4-12-14-13(5-10)17(21,22)7-16(14,26)18(23,24)15(12)20/h1-5,15,26H,7H2. The van der Waals surface area contributed by atoms with Gasteiger partial charge in [-0.2, -0.15) is 14.0 Å². The third-order valence-corrected chi connectivity index (χ3v) is 4.96. The largest absolute Gasteiger partial charge is 0.378 e. The summed E-state index contributed by atoms with van der Waals surface area (Å²) in [6.45, 7) is 0. The molecule has 0 heterocycles. The minimum absolute atomic E-state index is 0.0331. The Morgan fingerprint density at radius 2 is 1.69 bits per heavy atom. The number of hydrogen-bond acceptors (Lipinski definition) is 2. The Labute approximate surface area is 143 Å². The van der Waals surface area contributed by atoms with E-state index in [1.165, 1.54) is 6.07 Å². The zero-order valence-corrected chi connectivity index (χ0v) is 12.8. The molecule has 0 saturated carbocycles. The number of halogens is 6. The molecular weight excluding hydrogens is 360 g/mol. The van der Waals surface area contributed by atoms with Crippen LogP contribution < -0.4 is 0 Å². The first-order valence-electron chi connectivity index (χ1n) is 7.53. The van der Waals surface area contributed by atoms with Crippen LogP contribution in [-0.4, -0.2) is 11.0 Å². The topological polar surface area (TPSA) is 44.0 Å². The summed E-state index contributed by atoms with van der Waals surface area (Å²) in [4.78, 5) is 0. The van der Waals surface area contributed by atoms with Crippen LogP contribution in [0.1, 0.15) is 34.8 Å². The normalized spacial score (nSPS) is 27.2. The molecule has 4 rings (SSSR count). The lowest BCUT2D eigenvalue weighted by Crippen LogP contribution is -2.42. The van der Waals surface area contributed by atoms with E-state index < -0.39 is 52.5 Å². The van der Waals surface area contributed by atoms with E-state index in [9.17, 15) is 31.4 Å². The van der Waals surface area contributed by atoms with Crippen LogP contribution in [0, 0.1) is 17.1 Å². The molecule has 0 aliphatic heterocycles. The van der Waals surface area contributed by atoms with E-state index in [1.807, 2.05) is 0 Å². The second-order valence-corrected chi connectivity index (χ2v) is 6.56. The van der Waals surface area contributed by atoms with E-state index in [1.54, 1.807) is 6.07 Å². The molecule has 0 aromatic heterocycles. The van der Waals surface area contributed by atoms with E-state index in [0.29, 0.717) is 0 Å². The molecule has 0 spiro atoms. The molecule has 134 valence electrons. The van der Waals surface area contributed by atoms with Crippen molar-refractivity contribution in [3.63, 3.8) is 0 Å². The maximum Gasteiger partial charge on any atom is 0.315 e. The fourth-order valence-electron chi connectivity index (χ4n) is 3.80. The fourth-order valence-corrected chi connectivity index (χ4v) is 3.80. The second-order valence-electron chi connectivity index (χ2n) is 6.56. The summed E-state index contributed by atoms with van der Waals surface area (Å²) >= 11 is 0. The zero-order valence-electron chi connectivity index (χ0n) is 12.8. The van der Waals surface area contributed by atoms with Crippen LogP contribution in [0.4, 0.5) is 26.3 Å². The molecule has 2 aromatic rings. The molecule has 2 unspecified atom stereocenters. The molecule has 0 radical (unpaired) electrons. The fraction of sp³-hybridized carbons (Fsp3) is 0.278. The van der Waals surface area contributed by atoms with Crippen LogP contribution >= 0.6 is 0 Å². The minimum atomic E-state index is -4.41. The van der Waals surface area contributed by atoms with Crippen molar-refractivity contribution >= 4 is 0 Å². The second kappa shape index (κ2) is 4.80. The molecule has 0 saturated heterocycles. The number of nitriles is 1. The Balaban J connectivity index is 2.02. The van der Waals surface area contributed by atoms with Gasteiger partial charge >= 0.3 is 5.92 Å². The Morgan fingerprint density at radius 3 is 2.35 bits per heavy atom. The van der Waals surface area contributed by atoms with E-state index >= 15 is 0 Å². The lowest BCUT2D eigenvalue weighted by molar-refractivity contribution is -0.225. The van der Waals surface area contributed by atoms with Gasteiger partial charge in [-0.25, -0.2) is 17.6 Å². The Kier molecular flexibility index (Phi) is 3.12. The summed E-state index contributed by atoms with van der Waals surface area (Å²) in [5.74, 6) is -9.05. The maximum absolute atomic E-state index is 14.3. The van der Waals surface area contributed by atoms with Crippen molar-refractivity contribution in [3.05, 3.63) is 58.4 Å². The van der Waals surface area contributed by atoms with Gasteiger partial charge in [0.2, 0.25) is 0 Å². The average molecular weight is 369 g/mol. The van der Waals surface area contributed by atoms with Gasteiger partial charge in [-0.15, -0.1) is 0 Å². The lowest BCUT2D eigenvalue weighted by atomic mass is 9.94. The molecular formula is C18H9F6NO. The van der Waals surface area contributed by atoms with Crippen LogP contribution in [-0.2, 0) is 11.5 Å². The summed E-state index contributed by atoms with van der Waals surface area (Å²) in [5, 5.41) is 19.0. The molecule has 1 N–H and O–H groups in total. The number of nitrogens with zero attached hydrogens (tertiary/aromatic N) is 1. The van der Waals surface area contributed by atoms with Crippen molar-refractivity contribution in [1.82, 2.24) is 0 Å². The average Bonchev–Trinajstić information content (AvgIpc) is 2.87. The van der Waals surface area contributed by atoms with Crippen molar-refractivity contribution in [3.8, 4) is 17.2 Å². The third-order valence-electron chi connectivity index (χ3n) is 4.96. The van der Waals surface area contributed by atoms with Crippen molar-refractivity contribution in [1.29, 1.82) is 5.26 Å². The van der Waals surface area contributed by atoms with Crippen LogP contribution in [0.5, 0.6) is 0 Å². The van der Waals surface area contributed by atoms with E-state index in [4.69, 9.17) is 5.26 Å². The highest BCUT2D eigenvalue weighted by atomic mass is 19.3. The summed E-state index contributed by atoms with van der Waals surface area (Å²) in [5.41, 5.74) is -6.03. The third kappa shape index (κ3) is 1.92. The van der Waals surface area contributed by atoms with Gasteiger partial charge in [0.1, 0.15) is 5.82 Å². The van der Waals surface area contributed by atoms with Gasteiger partial charge in [0.15, 0.2) is 11.8 Å². The van der Waals surface area contributed by atoms with E-state index in [2.05, 4.69) is 0 Å². The lowest BCUT2D eigenvalue weighted by Gasteiger charge is -2.28. The predicted octanol–water partition coefficient (Wildman–Crippen LogP) is 4.71. The van der Waals surface area contributed by atoms with Gasteiger partial charge in [-0.3, -0.25) is 0 Å². The number of aliphatic hydroxyl groups is 1. The SMILES string of the molecule is N#Cc1cc(F)cc(-c2cc3c4c(c2)C(F)(F)CC4(O)C(F)(F)C3F)c1. The Bertz CT molecular complexity index is 996. The highest BCUT2D eigenvalue weighted by Gasteiger charge is 2.73. The first-order valence-corrected chi connectivity index (χ1v) is 7.53. The smallest absolute Gasteiger partial charge is 0.315 e. The first kappa shape index (κ1) is 16.9. The van der Waals surface area contributed by atoms with Gasteiger partial charge in [-0.05, 0) is 47.0 Å². The molecule has 2 atom stereocenters. The van der Waals surface area contributed by atoms with Crippen LogP contribution in [0.3, 0.4) is 0 Å². The Morgan fingerprint density at radius 1 is 1.04 bits per heavy atom. The molecule has 0 amide bonds. The van der Waals surface area contributed by atoms with E-state index in [0.717, 1.165) is 24.3 Å². The molecule has 0 bridgehead atoms. The van der Waals surface area contributed by atoms with Crippen LogP contribution in [0.15, 0.2) is 30.3 Å². The van der Waals surface area contributed by atoms with Crippen LogP contribution in [0.25, 0.3) is 11.1 Å². The number of rotatable bonds is 1. The monoisotopic (exact) mass is 369 g/mol.